The molecule has 0 fully saturated rings. The SMILES string of the molecule is CC(C)(CC[P+](C)(C)C)NCl.[Cl-]. The van der Waals surface area contributed by atoms with Crippen molar-refractivity contribution in [3.05, 3.63) is 0 Å². The summed E-state index contributed by atoms with van der Waals surface area (Å²) in [6, 6.07) is 0. The minimum atomic E-state index is -0.624. The molecular weight excluding hydrogens is 212 g/mol. The van der Waals surface area contributed by atoms with Crippen LogP contribution in [0.5, 0.6) is 0 Å². The Bertz CT molecular complexity index is 121. The normalized spacial score (nSPS) is 12.5. The van der Waals surface area contributed by atoms with E-state index in [9.17, 15) is 0 Å². The maximum Gasteiger partial charge on any atom is 0.0604 e. The molecule has 0 saturated heterocycles. The lowest BCUT2D eigenvalue weighted by Gasteiger charge is -2.23. The number of hydrogen-bond donors (Lipinski definition) is 1. The fourth-order valence-corrected chi connectivity index (χ4v) is 1.99. The first-order valence-corrected chi connectivity index (χ1v) is 7.64. The average Bonchev–Trinajstić information content (AvgIpc) is 1.83. The summed E-state index contributed by atoms with van der Waals surface area (Å²) < 4.78 is 0. The van der Waals surface area contributed by atoms with E-state index in [0.717, 1.165) is 6.42 Å². The first-order chi connectivity index (χ1) is 4.77. The first kappa shape index (κ1) is 15.4. The second kappa shape index (κ2) is 5.65. The van der Waals surface area contributed by atoms with Crippen molar-refractivity contribution in [1.82, 2.24) is 4.84 Å². The molecule has 0 heterocycles. The monoisotopic (exact) mass is 231 g/mol. The number of hydrogen-bond acceptors (Lipinski definition) is 1. The van der Waals surface area contributed by atoms with Crippen LogP contribution in [0.25, 0.3) is 0 Å². The van der Waals surface area contributed by atoms with Gasteiger partial charge in [-0.2, -0.15) is 0 Å². The molecule has 0 saturated carbocycles. The zero-order valence-corrected chi connectivity index (χ0v) is 11.0. The highest BCUT2D eigenvalue weighted by atomic mass is 35.5. The second-order valence-corrected chi connectivity index (χ2v) is 9.96. The molecule has 0 bridgehead atoms. The van der Waals surface area contributed by atoms with Gasteiger partial charge in [0.2, 0.25) is 0 Å². The van der Waals surface area contributed by atoms with Gasteiger partial charge in [-0.15, -0.1) is 0 Å². The van der Waals surface area contributed by atoms with Crippen molar-refractivity contribution in [3.8, 4) is 0 Å². The van der Waals surface area contributed by atoms with Crippen molar-refractivity contribution in [3.63, 3.8) is 0 Å². The van der Waals surface area contributed by atoms with Crippen molar-refractivity contribution in [2.45, 2.75) is 25.8 Å². The summed E-state index contributed by atoms with van der Waals surface area (Å²) in [6.45, 7) is 11.3. The lowest BCUT2D eigenvalue weighted by molar-refractivity contribution is -0.00000323. The summed E-state index contributed by atoms with van der Waals surface area (Å²) in [4.78, 5) is 2.80. The van der Waals surface area contributed by atoms with Crippen molar-refractivity contribution in [1.29, 1.82) is 0 Å². The van der Waals surface area contributed by atoms with Crippen molar-refractivity contribution < 1.29 is 12.4 Å². The lowest BCUT2D eigenvalue weighted by Crippen LogP contribution is -3.00. The van der Waals surface area contributed by atoms with E-state index < -0.39 is 7.26 Å². The molecule has 4 heteroatoms. The van der Waals surface area contributed by atoms with Gasteiger partial charge in [0.15, 0.2) is 0 Å². The Balaban J connectivity index is 0. The highest BCUT2D eigenvalue weighted by Gasteiger charge is 2.23. The Morgan fingerprint density at radius 3 is 1.92 bits per heavy atom. The third kappa shape index (κ3) is 9.06. The molecule has 0 aliphatic rings. The Morgan fingerprint density at radius 1 is 1.25 bits per heavy atom. The predicted octanol–water partition coefficient (Wildman–Crippen LogP) is -0.190. The molecule has 0 rings (SSSR count). The highest BCUT2D eigenvalue weighted by molar-refractivity contribution is 7.73. The Labute approximate surface area is 88.5 Å². The van der Waals surface area contributed by atoms with Gasteiger partial charge in [-0.25, -0.2) is 4.84 Å². The van der Waals surface area contributed by atoms with E-state index in [1.165, 1.54) is 6.16 Å². The molecule has 12 heavy (non-hydrogen) atoms. The molecule has 0 amide bonds. The van der Waals surface area contributed by atoms with Crippen molar-refractivity contribution in [2.24, 2.45) is 0 Å². The molecule has 0 radical (unpaired) electrons. The highest BCUT2D eigenvalue weighted by Crippen LogP contribution is 2.47. The summed E-state index contributed by atoms with van der Waals surface area (Å²) >= 11 is 5.58. The third-order valence-electron chi connectivity index (χ3n) is 1.66. The van der Waals surface area contributed by atoms with Gasteiger partial charge >= 0.3 is 0 Å². The van der Waals surface area contributed by atoms with Crippen LogP contribution in [0.15, 0.2) is 0 Å². The van der Waals surface area contributed by atoms with Gasteiger partial charge < -0.3 is 12.4 Å². The van der Waals surface area contributed by atoms with Crippen LogP contribution >= 0.6 is 19.0 Å². The van der Waals surface area contributed by atoms with Gasteiger partial charge in [0.25, 0.3) is 0 Å². The summed E-state index contributed by atoms with van der Waals surface area (Å²) in [5, 5.41) is 0. The zero-order valence-electron chi connectivity index (χ0n) is 8.62. The molecule has 76 valence electrons. The van der Waals surface area contributed by atoms with Gasteiger partial charge in [-0.05, 0) is 32.0 Å². The van der Waals surface area contributed by atoms with Crippen LogP contribution in [0.4, 0.5) is 0 Å². The average molecular weight is 232 g/mol. The molecule has 1 nitrogen and oxygen atoms in total. The van der Waals surface area contributed by atoms with E-state index in [-0.39, 0.29) is 17.9 Å². The minimum Gasteiger partial charge on any atom is -1.00 e. The standard InChI is InChI=1S/C8H20ClNP.ClH/c1-8(2,10-9)6-7-11(3,4)5;/h10H,6-7H2,1-5H3;1H/q+1;/p-1. The molecule has 0 atom stereocenters. The zero-order chi connectivity index (χ0) is 9.12. The first-order valence-electron chi connectivity index (χ1n) is 3.95. The molecule has 0 unspecified atom stereocenters. The van der Waals surface area contributed by atoms with Gasteiger partial charge in [0, 0.05) is 32.8 Å². The number of halogens is 2. The van der Waals surface area contributed by atoms with Crippen LogP contribution < -0.4 is 17.2 Å². The maximum absolute atomic E-state index is 5.58. The largest absolute Gasteiger partial charge is 1.00 e. The Hall–Kier alpha value is 0.970. The third-order valence-corrected chi connectivity index (χ3v) is 3.74. The van der Waals surface area contributed by atoms with E-state index in [4.69, 9.17) is 11.8 Å². The van der Waals surface area contributed by atoms with E-state index in [1.54, 1.807) is 0 Å². The van der Waals surface area contributed by atoms with Crippen LogP contribution in [-0.4, -0.2) is 31.7 Å². The molecule has 0 aliphatic carbocycles. The summed E-state index contributed by atoms with van der Waals surface area (Å²) in [5.74, 6) is 0. The quantitative estimate of drug-likeness (QED) is 0.523. The molecule has 0 aliphatic heterocycles. The van der Waals surface area contributed by atoms with Crippen LogP contribution in [0.1, 0.15) is 20.3 Å². The molecule has 1 N–H and O–H groups in total. The van der Waals surface area contributed by atoms with Crippen molar-refractivity contribution in [2.75, 3.05) is 26.2 Å². The number of nitrogens with one attached hydrogen (secondary N) is 1. The minimum absolute atomic E-state index is 0. The van der Waals surface area contributed by atoms with E-state index >= 15 is 0 Å². The Morgan fingerprint density at radius 2 is 1.67 bits per heavy atom. The molecule has 0 aromatic rings. The molecule has 0 aromatic carbocycles. The van der Waals surface area contributed by atoms with E-state index in [0.29, 0.717) is 0 Å². The van der Waals surface area contributed by atoms with Crippen LogP contribution in [-0.2, 0) is 0 Å². The molecule has 0 spiro atoms. The summed E-state index contributed by atoms with van der Waals surface area (Å²) in [5.41, 5.74) is 0.0921. The maximum atomic E-state index is 5.58. The lowest BCUT2D eigenvalue weighted by atomic mass is 10.0. The topological polar surface area (TPSA) is 12.0 Å². The Kier molecular flexibility index (Phi) is 7.27. The van der Waals surface area contributed by atoms with Crippen LogP contribution in [0.3, 0.4) is 0 Å². The van der Waals surface area contributed by atoms with Gasteiger partial charge in [0.05, 0.1) is 6.16 Å². The van der Waals surface area contributed by atoms with E-state index in [2.05, 4.69) is 38.7 Å². The van der Waals surface area contributed by atoms with Gasteiger partial charge in [-0.1, -0.05) is 0 Å². The van der Waals surface area contributed by atoms with Gasteiger partial charge in [-0.3, -0.25) is 0 Å². The summed E-state index contributed by atoms with van der Waals surface area (Å²) in [6.07, 6.45) is 2.47. The van der Waals surface area contributed by atoms with Gasteiger partial charge in [0.1, 0.15) is 0 Å². The molecular formula is C8H20Cl2NP. The van der Waals surface area contributed by atoms with Crippen molar-refractivity contribution >= 4 is 19.0 Å². The number of rotatable bonds is 4. The predicted molar refractivity (Wildman–Crippen MR) is 57.2 cm³/mol. The molecule has 0 aromatic heterocycles. The fraction of sp³-hybridized carbons (Fsp3) is 1.00. The second-order valence-electron chi connectivity index (χ2n) is 4.74. The fourth-order valence-electron chi connectivity index (χ4n) is 0.662. The van der Waals surface area contributed by atoms with Crippen LogP contribution in [0.2, 0.25) is 0 Å². The van der Waals surface area contributed by atoms with Crippen LogP contribution in [0, 0.1) is 0 Å². The smallest absolute Gasteiger partial charge is 0.0604 e. The van der Waals surface area contributed by atoms with E-state index in [1.807, 2.05) is 0 Å². The summed E-state index contributed by atoms with van der Waals surface area (Å²) in [7, 11) is -0.624.